The molecule has 0 atom stereocenters. The van der Waals surface area contributed by atoms with Gasteiger partial charge in [0, 0.05) is 40.3 Å². The highest BCUT2D eigenvalue weighted by atomic mass is 16.2. The van der Waals surface area contributed by atoms with Crippen molar-refractivity contribution in [1.29, 1.82) is 0 Å². The quantitative estimate of drug-likeness (QED) is 0.314. The highest BCUT2D eigenvalue weighted by Gasteiger charge is 2.00. The van der Waals surface area contributed by atoms with Crippen LogP contribution in [0.4, 0.5) is 14.4 Å². The molecule has 0 fully saturated rings. The molecule has 9 heteroatoms. The highest BCUT2D eigenvalue weighted by molar-refractivity contribution is 5.75. The zero-order valence-electron chi connectivity index (χ0n) is 10.6. The van der Waals surface area contributed by atoms with E-state index in [-0.39, 0.29) is 18.1 Å². The van der Waals surface area contributed by atoms with Gasteiger partial charge in [-0.2, -0.15) is 0 Å². The van der Waals surface area contributed by atoms with Crippen molar-refractivity contribution in [1.82, 2.24) is 31.9 Å². The molecule has 0 heterocycles. The molecule has 0 radical (unpaired) electrons. The average molecular weight is 260 g/mol. The van der Waals surface area contributed by atoms with Gasteiger partial charge in [-0.3, -0.25) is 0 Å². The van der Waals surface area contributed by atoms with Crippen molar-refractivity contribution in [3.05, 3.63) is 0 Å². The van der Waals surface area contributed by atoms with Crippen LogP contribution in [0.5, 0.6) is 0 Å². The summed E-state index contributed by atoms with van der Waals surface area (Å²) in [6, 6.07) is -0.952. The number of hydrogen-bond acceptors (Lipinski definition) is 3. The van der Waals surface area contributed by atoms with Crippen molar-refractivity contribution in [2.75, 3.05) is 40.3 Å². The van der Waals surface area contributed by atoms with E-state index in [1.165, 1.54) is 14.1 Å². The summed E-state index contributed by atoms with van der Waals surface area (Å²) in [5.41, 5.74) is 0. The maximum Gasteiger partial charge on any atom is 0.314 e. The van der Waals surface area contributed by atoms with Gasteiger partial charge in [-0.15, -0.1) is 0 Å². The highest BCUT2D eigenvalue weighted by Crippen LogP contribution is 1.67. The Balaban J connectivity index is 3.38. The number of amides is 6. The summed E-state index contributed by atoms with van der Waals surface area (Å²) in [5, 5.41) is 14.9. The molecule has 0 aromatic heterocycles. The molecule has 0 saturated carbocycles. The Morgan fingerprint density at radius 1 is 0.611 bits per heavy atom. The van der Waals surface area contributed by atoms with E-state index in [1.807, 2.05) is 0 Å². The van der Waals surface area contributed by atoms with Crippen molar-refractivity contribution in [2.24, 2.45) is 0 Å². The number of urea groups is 3. The lowest BCUT2D eigenvalue weighted by atomic mass is 10.6. The number of carbonyl (C=O) groups is 3. The first-order valence-corrected chi connectivity index (χ1v) is 5.53. The first-order chi connectivity index (χ1) is 8.60. The summed E-state index contributed by atoms with van der Waals surface area (Å²) in [6.07, 6.45) is 0. The number of carbonyl (C=O) groups excluding carboxylic acids is 3. The predicted octanol–water partition coefficient (Wildman–Crippen LogP) is -1.86. The number of nitrogens with one attached hydrogen (secondary N) is 6. The van der Waals surface area contributed by atoms with Gasteiger partial charge in [0.15, 0.2) is 0 Å². The van der Waals surface area contributed by atoms with Crippen molar-refractivity contribution >= 4 is 18.1 Å². The van der Waals surface area contributed by atoms with Gasteiger partial charge in [0.2, 0.25) is 0 Å². The lowest BCUT2D eigenvalue weighted by Gasteiger charge is -2.09. The molecule has 0 aliphatic rings. The van der Waals surface area contributed by atoms with Gasteiger partial charge in [-0.05, 0) is 0 Å². The van der Waals surface area contributed by atoms with Gasteiger partial charge in [0.05, 0.1) is 0 Å². The number of rotatable bonds is 6. The van der Waals surface area contributed by atoms with Crippen molar-refractivity contribution in [3.8, 4) is 0 Å². The molecule has 0 aromatic rings. The van der Waals surface area contributed by atoms with E-state index in [0.29, 0.717) is 26.2 Å². The van der Waals surface area contributed by atoms with Gasteiger partial charge in [0.25, 0.3) is 0 Å². The minimum absolute atomic E-state index is 0.299. The van der Waals surface area contributed by atoms with Gasteiger partial charge in [-0.25, -0.2) is 14.4 Å². The smallest absolute Gasteiger partial charge is 0.314 e. The summed E-state index contributed by atoms with van der Waals surface area (Å²) >= 11 is 0. The van der Waals surface area contributed by atoms with E-state index in [2.05, 4.69) is 31.9 Å². The van der Waals surface area contributed by atoms with E-state index >= 15 is 0 Å². The first-order valence-electron chi connectivity index (χ1n) is 5.53. The van der Waals surface area contributed by atoms with Crippen LogP contribution in [-0.2, 0) is 0 Å². The van der Waals surface area contributed by atoms with Crippen LogP contribution in [0.2, 0.25) is 0 Å². The Morgan fingerprint density at radius 3 is 1.17 bits per heavy atom. The van der Waals surface area contributed by atoms with Crippen LogP contribution in [0.3, 0.4) is 0 Å². The van der Waals surface area contributed by atoms with Crippen molar-refractivity contribution in [2.45, 2.75) is 0 Å². The molecule has 0 unspecified atom stereocenters. The Hall–Kier alpha value is -2.19. The zero-order chi connectivity index (χ0) is 13.8. The van der Waals surface area contributed by atoms with Crippen LogP contribution in [0.1, 0.15) is 0 Å². The molecule has 0 aliphatic heterocycles. The largest absolute Gasteiger partial charge is 0.341 e. The summed E-state index contributed by atoms with van der Waals surface area (Å²) in [5.74, 6) is 0. The third kappa shape index (κ3) is 9.07. The van der Waals surface area contributed by atoms with Gasteiger partial charge in [-0.1, -0.05) is 0 Å². The third-order valence-electron chi connectivity index (χ3n) is 1.85. The van der Waals surface area contributed by atoms with Gasteiger partial charge >= 0.3 is 18.1 Å². The summed E-state index contributed by atoms with van der Waals surface area (Å²) in [7, 11) is 3.02. The standard InChI is InChI=1S/C9H20N6O3/c1-10-7(16)12-3-5-14-9(18)15-6-4-13-8(17)11-2/h3-6H2,1-2H3,(H2,10,12,16)(H2,11,13,17)(H2,14,15,18). The Bertz CT molecular complexity index is 257. The van der Waals surface area contributed by atoms with E-state index in [4.69, 9.17) is 0 Å². The maximum absolute atomic E-state index is 11.2. The maximum atomic E-state index is 11.2. The Labute approximate surface area is 105 Å². The fourth-order valence-electron chi connectivity index (χ4n) is 0.943. The van der Waals surface area contributed by atoms with Crippen LogP contribution in [0, 0.1) is 0 Å². The molecule has 6 amide bonds. The van der Waals surface area contributed by atoms with E-state index in [1.54, 1.807) is 0 Å². The Kier molecular flexibility index (Phi) is 8.78. The Morgan fingerprint density at radius 2 is 0.889 bits per heavy atom. The molecular weight excluding hydrogens is 240 g/mol. The van der Waals surface area contributed by atoms with Crippen LogP contribution in [-0.4, -0.2) is 58.4 Å². The zero-order valence-corrected chi connectivity index (χ0v) is 10.6. The van der Waals surface area contributed by atoms with Crippen LogP contribution < -0.4 is 31.9 Å². The molecule has 18 heavy (non-hydrogen) atoms. The van der Waals surface area contributed by atoms with E-state index in [0.717, 1.165) is 0 Å². The van der Waals surface area contributed by atoms with Crippen LogP contribution in [0.15, 0.2) is 0 Å². The second-order valence-electron chi connectivity index (χ2n) is 3.19. The van der Waals surface area contributed by atoms with E-state index < -0.39 is 0 Å². The molecule has 9 nitrogen and oxygen atoms in total. The molecule has 0 spiro atoms. The minimum Gasteiger partial charge on any atom is -0.341 e. The molecule has 0 bridgehead atoms. The molecule has 0 aromatic carbocycles. The van der Waals surface area contributed by atoms with Crippen molar-refractivity contribution < 1.29 is 14.4 Å². The van der Waals surface area contributed by atoms with E-state index in [9.17, 15) is 14.4 Å². The summed E-state index contributed by atoms with van der Waals surface area (Å²) < 4.78 is 0. The predicted molar refractivity (Wildman–Crippen MR) is 66.3 cm³/mol. The second kappa shape index (κ2) is 10.00. The molecule has 0 saturated heterocycles. The normalized spacial score (nSPS) is 9.00. The molecule has 0 rings (SSSR count). The summed E-state index contributed by atoms with van der Waals surface area (Å²) in [4.78, 5) is 32.7. The fraction of sp³-hybridized carbons (Fsp3) is 0.667. The van der Waals surface area contributed by atoms with Crippen LogP contribution in [0.25, 0.3) is 0 Å². The third-order valence-corrected chi connectivity index (χ3v) is 1.85. The lowest BCUT2D eigenvalue weighted by Crippen LogP contribution is -2.44. The lowest BCUT2D eigenvalue weighted by molar-refractivity contribution is 0.236. The first kappa shape index (κ1) is 15.8. The number of hydrogen-bond donors (Lipinski definition) is 6. The summed E-state index contributed by atoms with van der Waals surface area (Å²) in [6.45, 7) is 1.32. The topological polar surface area (TPSA) is 123 Å². The molecule has 104 valence electrons. The monoisotopic (exact) mass is 260 g/mol. The van der Waals surface area contributed by atoms with Crippen LogP contribution >= 0.6 is 0 Å². The van der Waals surface area contributed by atoms with Gasteiger partial charge in [0.1, 0.15) is 0 Å². The molecular formula is C9H20N6O3. The minimum atomic E-state index is -0.354. The van der Waals surface area contributed by atoms with Gasteiger partial charge < -0.3 is 31.9 Å². The molecule has 0 aliphatic carbocycles. The van der Waals surface area contributed by atoms with Crippen molar-refractivity contribution in [3.63, 3.8) is 0 Å². The second-order valence-corrected chi connectivity index (χ2v) is 3.19. The average Bonchev–Trinajstić information content (AvgIpc) is 2.38. The fourth-order valence-corrected chi connectivity index (χ4v) is 0.943. The SMILES string of the molecule is CNC(=O)NCCNC(=O)NCCNC(=O)NC. The molecule has 6 N–H and O–H groups in total.